The lowest BCUT2D eigenvalue weighted by molar-refractivity contribution is 0.241. The number of para-hydroxylation sites is 1. The zero-order chi connectivity index (χ0) is 26.2. The van der Waals surface area contributed by atoms with Crippen molar-refractivity contribution >= 4 is 22.4 Å². The number of aryl methyl sites for hydroxylation is 1. The van der Waals surface area contributed by atoms with Gasteiger partial charge in [-0.15, -0.1) is 5.10 Å². The normalized spacial score (nSPS) is 12.1. The van der Waals surface area contributed by atoms with Crippen LogP contribution in [0.15, 0.2) is 84.0 Å². The molecule has 0 aliphatic carbocycles. The predicted octanol–water partition coefficient (Wildman–Crippen LogP) is 4.71. The summed E-state index contributed by atoms with van der Waals surface area (Å²) < 4.78 is 9.64. The van der Waals surface area contributed by atoms with E-state index in [0.29, 0.717) is 15.3 Å². The molecule has 0 bridgehead atoms. The summed E-state index contributed by atoms with van der Waals surface area (Å²) in [6.07, 6.45) is 7.26. The Kier molecular flexibility index (Phi) is 6.05. The maximum absolute atomic E-state index is 13.3. The highest BCUT2D eigenvalue weighted by Crippen LogP contribution is 2.29. The number of ether oxygens (including phenoxy) is 1. The van der Waals surface area contributed by atoms with Crippen molar-refractivity contribution in [1.82, 2.24) is 29.4 Å². The Morgan fingerprint density at radius 3 is 2.55 bits per heavy atom. The lowest BCUT2D eigenvalue weighted by Crippen LogP contribution is -2.23. The molecular formula is C29H24N6O2S. The minimum absolute atomic E-state index is 0.0845. The molecule has 4 heterocycles. The first-order chi connectivity index (χ1) is 18.5. The number of hydrogen-bond donors (Lipinski definition) is 0. The van der Waals surface area contributed by atoms with Crippen LogP contribution in [0.25, 0.3) is 39.4 Å². The maximum Gasteiger partial charge on any atom is 0.291 e. The van der Waals surface area contributed by atoms with E-state index in [1.807, 2.05) is 92.3 Å². The van der Waals surface area contributed by atoms with Crippen molar-refractivity contribution < 1.29 is 4.74 Å². The largest absolute Gasteiger partial charge is 0.491 e. The van der Waals surface area contributed by atoms with Gasteiger partial charge in [-0.2, -0.15) is 14.6 Å². The van der Waals surface area contributed by atoms with Crippen LogP contribution in [-0.2, 0) is 0 Å². The van der Waals surface area contributed by atoms with E-state index in [0.717, 1.165) is 39.4 Å². The number of nitrogens with zero attached hydrogens (tertiary/aromatic N) is 6. The molecule has 0 aliphatic rings. The van der Waals surface area contributed by atoms with Crippen molar-refractivity contribution in [3.05, 3.63) is 105 Å². The van der Waals surface area contributed by atoms with Crippen LogP contribution in [0.3, 0.4) is 0 Å². The highest BCUT2D eigenvalue weighted by atomic mass is 32.1. The molecule has 0 fully saturated rings. The lowest BCUT2D eigenvalue weighted by Gasteiger charge is -2.13. The third-order valence-electron chi connectivity index (χ3n) is 5.96. The Labute approximate surface area is 222 Å². The van der Waals surface area contributed by atoms with Crippen LogP contribution in [0.1, 0.15) is 25.0 Å². The van der Waals surface area contributed by atoms with Crippen molar-refractivity contribution in [1.29, 1.82) is 0 Å². The summed E-state index contributed by atoms with van der Waals surface area (Å²) in [4.78, 5) is 22.5. The first kappa shape index (κ1) is 23.7. The van der Waals surface area contributed by atoms with E-state index < -0.39 is 0 Å². The van der Waals surface area contributed by atoms with Crippen LogP contribution in [-0.4, -0.2) is 35.5 Å². The van der Waals surface area contributed by atoms with Gasteiger partial charge >= 0.3 is 0 Å². The first-order valence-corrected chi connectivity index (χ1v) is 13.0. The SMILES string of the molecule is Cc1cc(-c2nn(-c3ccccc3)cc2C=c2sc3nc(-c4cccnc4)nn3c2=O)ccc1OC(C)C. The number of aromatic nitrogens is 6. The Bertz CT molecular complexity index is 1860. The highest BCUT2D eigenvalue weighted by Gasteiger charge is 2.16. The van der Waals surface area contributed by atoms with Crippen molar-refractivity contribution in [2.45, 2.75) is 26.9 Å². The fourth-order valence-corrected chi connectivity index (χ4v) is 5.10. The molecule has 2 aromatic carbocycles. The molecule has 0 saturated heterocycles. The second-order valence-corrected chi connectivity index (χ2v) is 10.2. The summed E-state index contributed by atoms with van der Waals surface area (Å²) >= 11 is 1.30. The summed E-state index contributed by atoms with van der Waals surface area (Å²) in [6, 6.07) is 19.6. The molecule has 4 aromatic heterocycles. The number of thiazole rings is 1. The molecule has 0 aliphatic heterocycles. The summed E-state index contributed by atoms with van der Waals surface area (Å²) in [7, 11) is 0. The molecule has 9 heteroatoms. The van der Waals surface area contributed by atoms with Gasteiger partial charge in [0.05, 0.1) is 16.3 Å². The molecule has 6 rings (SSSR count). The Balaban J connectivity index is 1.47. The number of fused-ring (bicyclic) bond motifs is 1. The van der Waals surface area contributed by atoms with E-state index in [2.05, 4.69) is 21.1 Å². The second kappa shape index (κ2) is 9.68. The van der Waals surface area contributed by atoms with Crippen molar-refractivity contribution in [2.75, 3.05) is 0 Å². The van der Waals surface area contributed by atoms with E-state index in [1.54, 1.807) is 12.4 Å². The smallest absolute Gasteiger partial charge is 0.291 e. The van der Waals surface area contributed by atoms with Crippen LogP contribution in [0.2, 0.25) is 0 Å². The third kappa shape index (κ3) is 4.48. The van der Waals surface area contributed by atoms with Crippen LogP contribution >= 0.6 is 11.3 Å². The second-order valence-electron chi connectivity index (χ2n) is 9.15. The minimum Gasteiger partial charge on any atom is -0.491 e. The Hall–Kier alpha value is -4.63. The fourth-order valence-electron chi connectivity index (χ4n) is 4.21. The van der Waals surface area contributed by atoms with Crippen molar-refractivity contribution in [2.24, 2.45) is 0 Å². The van der Waals surface area contributed by atoms with Gasteiger partial charge in [0.1, 0.15) is 11.4 Å². The molecule has 188 valence electrons. The van der Waals surface area contributed by atoms with E-state index in [-0.39, 0.29) is 11.7 Å². The van der Waals surface area contributed by atoms with Gasteiger partial charge in [0.15, 0.2) is 5.82 Å². The molecule has 38 heavy (non-hydrogen) atoms. The Morgan fingerprint density at radius 2 is 1.84 bits per heavy atom. The summed E-state index contributed by atoms with van der Waals surface area (Å²) in [5.74, 6) is 1.32. The quantitative estimate of drug-likeness (QED) is 0.316. The van der Waals surface area contributed by atoms with Crippen LogP contribution in [0.5, 0.6) is 5.75 Å². The molecule has 0 radical (unpaired) electrons. The first-order valence-electron chi connectivity index (χ1n) is 12.2. The van der Waals surface area contributed by atoms with E-state index in [4.69, 9.17) is 9.84 Å². The fraction of sp³-hybridized carbons (Fsp3) is 0.138. The average molecular weight is 521 g/mol. The Morgan fingerprint density at radius 1 is 1.00 bits per heavy atom. The molecule has 0 spiro atoms. The van der Waals surface area contributed by atoms with Gasteiger partial charge in [0, 0.05) is 35.3 Å². The molecule has 0 atom stereocenters. The topological polar surface area (TPSA) is 87.2 Å². The number of pyridine rings is 1. The average Bonchev–Trinajstić information content (AvgIpc) is 3.61. The number of hydrogen-bond acceptors (Lipinski definition) is 7. The van der Waals surface area contributed by atoms with Gasteiger partial charge in [0.25, 0.3) is 5.56 Å². The molecule has 6 aromatic rings. The van der Waals surface area contributed by atoms with Gasteiger partial charge in [-0.3, -0.25) is 9.78 Å². The van der Waals surface area contributed by atoms with Gasteiger partial charge in [-0.1, -0.05) is 29.5 Å². The summed E-state index contributed by atoms with van der Waals surface area (Å²) in [5, 5.41) is 9.34. The lowest BCUT2D eigenvalue weighted by atomic mass is 10.0. The van der Waals surface area contributed by atoms with Crippen molar-refractivity contribution in [3.8, 4) is 34.1 Å². The van der Waals surface area contributed by atoms with E-state index in [1.165, 1.54) is 15.9 Å². The third-order valence-corrected chi connectivity index (χ3v) is 6.92. The predicted molar refractivity (Wildman–Crippen MR) is 149 cm³/mol. The minimum atomic E-state index is -0.220. The molecule has 0 amide bonds. The zero-order valence-corrected chi connectivity index (χ0v) is 21.9. The molecule has 0 N–H and O–H groups in total. The maximum atomic E-state index is 13.3. The van der Waals surface area contributed by atoms with Gasteiger partial charge in [0.2, 0.25) is 4.96 Å². The monoisotopic (exact) mass is 520 g/mol. The molecule has 8 nitrogen and oxygen atoms in total. The summed E-state index contributed by atoms with van der Waals surface area (Å²) in [6.45, 7) is 6.04. The van der Waals surface area contributed by atoms with Gasteiger partial charge in [-0.25, -0.2) is 4.68 Å². The zero-order valence-electron chi connectivity index (χ0n) is 21.1. The van der Waals surface area contributed by atoms with Crippen LogP contribution in [0.4, 0.5) is 0 Å². The molecular weight excluding hydrogens is 496 g/mol. The standard InChI is InChI=1S/C29H24N6O2S/c1-18(2)37-24-12-11-20(14-19(24)3)26-22(17-34(32-26)23-9-5-4-6-10-23)15-25-28(36)35-29(38-25)31-27(33-35)21-8-7-13-30-16-21/h4-18H,1-3H3. The van der Waals surface area contributed by atoms with Gasteiger partial charge in [-0.05, 0) is 74.9 Å². The molecule has 0 unspecified atom stereocenters. The number of benzene rings is 2. The number of rotatable bonds is 6. The van der Waals surface area contributed by atoms with Crippen LogP contribution < -0.4 is 14.8 Å². The van der Waals surface area contributed by atoms with Crippen LogP contribution in [0, 0.1) is 6.92 Å². The van der Waals surface area contributed by atoms with Gasteiger partial charge < -0.3 is 4.74 Å². The molecule has 0 saturated carbocycles. The van der Waals surface area contributed by atoms with E-state index >= 15 is 0 Å². The van der Waals surface area contributed by atoms with E-state index in [9.17, 15) is 4.79 Å². The highest BCUT2D eigenvalue weighted by molar-refractivity contribution is 7.15. The summed E-state index contributed by atoms with van der Waals surface area (Å²) in [5.41, 5.74) is 5.01. The van der Waals surface area contributed by atoms with Crippen molar-refractivity contribution in [3.63, 3.8) is 0 Å².